The van der Waals surface area contributed by atoms with Crippen molar-refractivity contribution in [2.45, 2.75) is 0 Å². The molecule has 0 N–H and O–H groups in total. The van der Waals surface area contributed by atoms with Crippen molar-refractivity contribution in [3.8, 4) is 22.3 Å². The summed E-state index contributed by atoms with van der Waals surface area (Å²) in [6, 6.07) is 54.5. The van der Waals surface area contributed by atoms with Crippen molar-refractivity contribution in [1.82, 2.24) is 4.98 Å². The summed E-state index contributed by atoms with van der Waals surface area (Å²) in [7, 11) is 0. The molecule has 3 heteroatoms. The number of hydrogen-bond donors (Lipinski definition) is 0. The molecule has 0 radical (unpaired) electrons. The maximum atomic E-state index is 4.62. The minimum Gasteiger partial charge on any atom is -0.310 e. The highest BCUT2D eigenvalue weighted by molar-refractivity contribution is 7.25. The molecule has 0 saturated heterocycles. The summed E-state index contributed by atoms with van der Waals surface area (Å²) < 4.78 is 1.25. The average Bonchev–Trinajstić information content (AvgIpc) is 3.44. The lowest BCUT2D eigenvalue weighted by molar-refractivity contribution is 1.30. The second kappa shape index (κ2) is 10.3. The predicted octanol–water partition coefficient (Wildman–Crippen LogP) is 11.4. The first-order chi connectivity index (χ1) is 20.8. The van der Waals surface area contributed by atoms with E-state index in [0.29, 0.717) is 0 Å². The normalized spacial score (nSPS) is 11.3. The summed E-state index contributed by atoms with van der Waals surface area (Å²) >= 11 is 1.74. The van der Waals surface area contributed by atoms with Crippen molar-refractivity contribution >= 4 is 59.5 Å². The van der Waals surface area contributed by atoms with Crippen molar-refractivity contribution < 1.29 is 0 Å². The number of hydrogen-bond acceptors (Lipinski definition) is 3. The zero-order valence-corrected chi connectivity index (χ0v) is 23.6. The molecule has 0 saturated carbocycles. The summed E-state index contributed by atoms with van der Waals surface area (Å²) in [6.45, 7) is 0. The number of benzene rings is 6. The van der Waals surface area contributed by atoms with Gasteiger partial charge in [-0.05, 0) is 93.7 Å². The lowest BCUT2D eigenvalue weighted by Gasteiger charge is -2.26. The molecule has 2 aromatic heterocycles. The number of pyridine rings is 1. The molecule has 8 rings (SSSR count). The van der Waals surface area contributed by atoms with Gasteiger partial charge in [0.05, 0.1) is 0 Å². The van der Waals surface area contributed by atoms with Gasteiger partial charge in [-0.25, -0.2) is 4.98 Å². The third kappa shape index (κ3) is 4.41. The van der Waals surface area contributed by atoms with E-state index < -0.39 is 0 Å². The van der Waals surface area contributed by atoms with Gasteiger partial charge >= 0.3 is 0 Å². The topological polar surface area (TPSA) is 16.1 Å². The van der Waals surface area contributed by atoms with Crippen LogP contribution in [0.15, 0.2) is 158 Å². The Morgan fingerprint density at radius 3 is 1.81 bits per heavy atom. The Labute approximate surface area is 248 Å². The van der Waals surface area contributed by atoms with E-state index in [1.165, 1.54) is 48.5 Å². The smallest absolute Gasteiger partial charge is 0.124 e. The maximum absolute atomic E-state index is 4.62. The molecule has 6 aromatic carbocycles. The molecule has 0 atom stereocenters. The molecule has 0 spiro atoms. The van der Waals surface area contributed by atoms with Crippen molar-refractivity contribution in [2.75, 3.05) is 4.90 Å². The maximum Gasteiger partial charge on any atom is 0.124 e. The third-order valence-electron chi connectivity index (χ3n) is 7.91. The quantitative estimate of drug-likeness (QED) is 0.210. The Kier molecular flexibility index (Phi) is 6.02. The molecular weight excluding hydrogens is 529 g/mol. The first kappa shape index (κ1) is 24.5. The van der Waals surface area contributed by atoms with E-state index >= 15 is 0 Å². The van der Waals surface area contributed by atoms with Crippen molar-refractivity contribution in [2.24, 2.45) is 0 Å². The monoisotopic (exact) mass is 554 g/mol. The van der Waals surface area contributed by atoms with Crippen molar-refractivity contribution in [3.05, 3.63) is 158 Å². The van der Waals surface area contributed by atoms with Crippen LogP contribution in [0.2, 0.25) is 0 Å². The number of rotatable bonds is 5. The summed E-state index contributed by atoms with van der Waals surface area (Å²) in [4.78, 5) is 8.05. The van der Waals surface area contributed by atoms with E-state index in [0.717, 1.165) is 21.9 Å². The van der Waals surface area contributed by atoms with Gasteiger partial charge in [-0.1, -0.05) is 91.0 Å². The zero-order chi connectivity index (χ0) is 27.9. The van der Waals surface area contributed by atoms with Gasteiger partial charge in [0.1, 0.15) is 4.83 Å². The molecule has 42 heavy (non-hydrogen) atoms. The van der Waals surface area contributed by atoms with Crippen LogP contribution in [0.5, 0.6) is 0 Å². The van der Waals surface area contributed by atoms with Crippen LogP contribution >= 0.6 is 11.3 Å². The Balaban J connectivity index is 1.27. The number of thiophene rings is 1. The second-order valence-corrected chi connectivity index (χ2v) is 11.5. The second-order valence-electron chi connectivity index (χ2n) is 10.5. The van der Waals surface area contributed by atoms with Gasteiger partial charge in [-0.3, -0.25) is 0 Å². The number of fused-ring (bicyclic) bond motifs is 4. The molecule has 2 heterocycles. The van der Waals surface area contributed by atoms with Crippen molar-refractivity contribution in [1.29, 1.82) is 0 Å². The standard InChI is InChI=1S/C39H26N2S/c1-3-8-27(9-4-1)29-15-18-33(19-16-29)41(35-21-22-38-37(26-35)36-12-7-23-40-39(36)42-38)34-20-17-31-24-30(13-14-32(31)25-34)28-10-5-2-6-11-28/h1-26H. The summed E-state index contributed by atoms with van der Waals surface area (Å²) in [5.41, 5.74) is 8.25. The van der Waals surface area contributed by atoms with Crippen molar-refractivity contribution in [3.63, 3.8) is 0 Å². The Bertz CT molecular complexity index is 2180. The molecule has 0 amide bonds. The van der Waals surface area contributed by atoms with Gasteiger partial charge in [0.25, 0.3) is 0 Å². The van der Waals surface area contributed by atoms with Crippen LogP contribution in [0.25, 0.3) is 53.3 Å². The minimum atomic E-state index is 1.07. The average molecular weight is 555 g/mol. The van der Waals surface area contributed by atoms with Crippen LogP contribution in [-0.2, 0) is 0 Å². The number of aromatic nitrogens is 1. The molecular formula is C39H26N2S. The van der Waals surface area contributed by atoms with E-state index in [2.05, 4.69) is 155 Å². The van der Waals surface area contributed by atoms with E-state index in [-0.39, 0.29) is 0 Å². The summed E-state index contributed by atoms with van der Waals surface area (Å²) in [6.07, 6.45) is 1.87. The van der Waals surface area contributed by atoms with Crippen LogP contribution in [0, 0.1) is 0 Å². The fourth-order valence-electron chi connectivity index (χ4n) is 5.80. The Hall–Kier alpha value is -5.25. The van der Waals surface area contributed by atoms with Crippen LogP contribution in [0.4, 0.5) is 17.1 Å². The summed E-state index contributed by atoms with van der Waals surface area (Å²) in [5.74, 6) is 0. The van der Waals surface area contributed by atoms with Crippen LogP contribution in [-0.4, -0.2) is 4.98 Å². The van der Waals surface area contributed by atoms with E-state index in [4.69, 9.17) is 0 Å². The zero-order valence-electron chi connectivity index (χ0n) is 22.8. The highest BCUT2D eigenvalue weighted by Gasteiger charge is 2.16. The first-order valence-electron chi connectivity index (χ1n) is 14.1. The molecule has 0 aliphatic rings. The third-order valence-corrected chi connectivity index (χ3v) is 9.01. The fraction of sp³-hybridized carbons (Fsp3) is 0. The fourth-order valence-corrected chi connectivity index (χ4v) is 6.83. The molecule has 0 unspecified atom stereocenters. The minimum absolute atomic E-state index is 1.07. The van der Waals surface area contributed by atoms with Crippen LogP contribution in [0.3, 0.4) is 0 Å². The predicted molar refractivity (Wildman–Crippen MR) is 180 cm³/mol. The summed E-state index contributed by atoms with van der Waals surface area (Å²) in [5, 5.41) is 4.87. The molecule has 0 bridgehead atoms. The number of anilines is 3. The highest BCUT2D eigenvalue weighted by Crippen LogP contribution is 2.41. The SMILES string of the molecule is c1ccc(-c2ccc(N(c3ccc4cc(-c5ccccc5)ccc4c3)c3ccc4sc5ncccc5c4c3)cc2)cc1. The van der Waals surface area contributed by atoms with Gasteiger partial charge < -0.3 is 4.90 Å². The molecule has 198 valence electrons. The van der Waals surface area contributed by atoms with Gasteiger partial charge in [0, 0.05) is 38.7 Å². The first-order valence-corrected chi connectivity index (χ1v) is 14.9. The van der Waals surface area contributed by atoms with Gasteiger partial charge in [-0.2, -0.15) is 0 Å². The van der Waals surface area contributed by atoms with E-state index in [1.807, 2.05) is 12.3 Å². The van der Waals surface area contributed by atoms with Gasteiger partial charge in [-0.15, -0.1) is 11.3 Å². The van der Waals surface area contributed by atoms with Gasteiger partial charge in [0.15, 0.2) is 0 Å². The lowest BCUT2D eigenvalue weighted by Crippen LogP contribution is -2.09. The lowest BCUT2D eigenvalue weighted by atomic mass is 10.0. The molecule has 0 aliphatic carbocycles. The number of nitrogens with zero attached hydrogens (tertiary/aromatic N) is 2. The van der Waals surface area contributed by atoms with Crippen LogP contribution < -0.4 is 4.90 Å². The molecule has 0 aliphatic heterocycles. The molecule has 8 aromatic rings. The van der Waals surface area contributed by atoms with E-state index in [1.54, 1.807) is 11.3 Å². The Morgan fingerprint density at radius 1 is 0.429 bits per heavy atom. The van der Waals surface area contributed by atoms with Gasteiger partial charge in [0.2, 0.25) is 0 Å². The molecule has 0 fully saturated rings. The Morgan fingerprint density at radius 2 is 1.02 bits per heavy atom. The molecule has 2 nitrogen and oxygen atoms in total. The largest absolute Gasteiger partial charge is 0.310 e. The highest BCUT2D eigenvalue weighted by atomic mass is 32.1. The van der Waals surface area contributed by atoms with E-state index in [9.17, 15) is 0 Å². The van der Waals surface area contributed by atoms with Crippen LogP contribution in [0.1, 0.15) is 0 Å².